The molecule has 8 heteroatoms. The van der Waals surface area contributed by atoms with Crippen molar-refractivity contribution in [2.45, 2.75) is 38.5 Å². The van der Waals surface area contributed by atoms with Crippen molar-refractivity contribution in [3.63, 3.8) is 0 Å². The minimum absolute atomic E-state index is 0.0488. The van der Waals surface area contributed by atoms with Crippen molar-refractivity contribution in [1.82, 2.24) is 4.98 Å². The number of aryl methyl sites for hydroxylation is 2. The highest BCUT2D eigenvalue weighted by Crippen LogP contribution is 2.21. The molecular weight excluding hydrogens is 366 g/mol. The molecule has 27 heavy (non-hydrogen) atoms. The molecule has 0 bridgehead atoms. The van der Waals surface area contributed by atoms with E-state index in [0.29, 0.717) is 23.4 Å². The number of sulfone groups is 1. The Labute approximate surface area is 158 Å². The van der Waals surface area contributed by atoms with Crippen molar-refractivity contribution in [3.8, 4) is 6.07 Å². The van der Waals surface area contributed by atoms with Crippen molar-refractivity contribution in [1.29, 1.82) is 5.26 Å². The summed E-state index contributed by atoms with van der Waals surface area (Å²) in [6.45, 7) is 5.19. The number of carbonyl (C=O) groups excluding carboxylic acids is 1. The molecule has 1 amide bonds. The second-order valence-corrected chi connectivity index (χ2v) is 8.48. The molecule has 1 aromatic heterocycles. The highest BCUT2D eigenvalue weighted by atomic mass is 32.2. The lowest BCUT2D eigenvalue weighted by atomic mass is 9.99. The van der Waals surface area contributed by atoms with Crippen LogP contribution < -0.4 is 10.9 Å². The second kappa shape index (κ2) is 7.76. The van der Waals surface area contributed by atoms with Gasteiger partial charge in [-0.2, -0.15) is 5.26 Å². The Morgan fingerprint density at radius 1 is 1.26 bits per heavy atom. The fourth-order valence-electron chi connectivity index (χ4n) is 2.84. The number of carbonyl (C=O) groups is 1. The largest absolute Gasteiger partial charge is 0.326 e. The monoisotopic (exact) mass is 387 g/mol. The lowest BCUT2D eigenvalue weighted by Crippen LogP contribution is -2.18. The first-order valence-electron chi connectivity index (χ1n) is 8.27. The van der Waals surface area contributed by atoms with Gasteiger partial charge in [0.1, 0.15) is 11.6 Å². The number of benzene rings is 1. The number of anilines is 1. The molecule has 142 valence electrons. The van der Waals surface area contributed by atoms with Crippen LogP contribution in [-0.4, -0.2) is 25.6 Å². The quantitative estimate of drug-likeness (QED) is 0.814. The molecule has 0 aliphatic carbocycles. The number of hydrogen-bond acceptors (Lipinski definition) is 5. The normalized spacial score (nSPS) is 11.1. The molecule has 0 aliphatic heterocycles. The SMILES string of the molecule is Cc1ccc(S(C)(=O)=O)cc1NC(=O)CCc1c(C)[nH]c(=O)c(C#N)c1C. The van der Waals surface area contributed by atoms with E-state index in [1.807, 2.05) is 6.07 Å². The van der Waals surface area contributed by atoms with Crippen molar-refractivity contribution in [3.05, 3.63) is 56.5 Å². The van der Waals surface area contributed by atoms with Crippen LogP contribution in [0.5, 0.6) is 0 Å². The molecule has 2 aromatic rings. The molecule has 1 aromatic carbocycles. The molecule has 0 radical (unpaired) electrons. The number of rotatable bonds is 5. The number of nitrogens with one attached hydrogen (secondary N) is 2. The zero-order chi connectivity index (χ0) is 20.4. The summed E-state index contributed by atoms with van der Waals surface area (Å²) in [6.07, 6.45) is 1.58. The minimum Gasteiger partial charge on any atom is -0.326 e. The third kappa shape index (κ3) is 4.63. The highest BCUT2D eigenvalue weighted by molar-refractivity contribution is 7.90. The van der Waals surface area contributed by atoms with E-state index in [4.69, 9.17) is 5.26 Å². The molecule has 2 N–H and O–H groups in total. The summed E-state index contributed by atoms with van der Waals surface area (Å²) in [7, 11) is -3.37. The summed E-state index contributed by atoms with van der Waals surface area (Å²) < 4.78 is 23.4. The molecule has 2 rings (SSSR count). The summed E-state index contributed by atoms with van der Waals surface area (Å²) in [5.74, 6) is -0.285. The van der Waals surface area contributed by atoms with Gasteiger partial charge in [-0.3, -0.25) is 9.59 Å². The molecule has 0 saturated carbocycles. The lowest BCUT2D eigenvalue weighted by Gasteiger charge is -2.12. The zero-order valence-electron chi connectivity index (χ0n) is 15.6. The van der Waals surface area contributed by atoms with Crippen LogP contribution in [-0.2, 0) is 21.1 Å². The lowest BCUT2D eigenvalue weighted by molar-refractivity contribution is -0.116. The summed E-state index contributed by atoms with van der Waals surface area (Å²) >= 11 is 0. The predicted molar refractivity (Wildman–Crippen MR) is 102 cm³/mol. The number of nitriles is 1. The van der Waals surface area contributed by atoms with Gasteiger partial charge in [-0.1, -0.05) is 6.07 Å². The third-order valence-corrected chi connectivity index (χ3v) is 5.54. The number of pyridine rings is 1. The van der Waals surface area contributed by atoms with E-state index in [0.717, 1.165) is 17.4 Å². The first kappa shape index (κ1) is 20.4. The van der Waals surface area contributed by atoms with Crippen LogP contribution in [0.3, 0.4) is 0 Å². The highest BCUT2D eigenvalue weighted by Gasteiger charge is 2.15. The van der Waals surface area contributed by atoms with E-state index < -0.39 is 15.4 Å². The van der Waals surface area contributed by atoms with Crippen LogP contribution in [0.2, 0.25) is 0 Å². The van der Waals surface area contributed by atoms with Gasteiger partial charge >= 0.3 is 0 Å². The number of hydrogen-bond donors (Lipinski definition) is 2. The minimum atomic E-state index is -3.37. The number of aromatic amines is 1. The van der Waals surface area contributed by atoms with E-state index in [-0.39, 0.29) is 22.8 Å². The fourth-order valence-corrected chi connectivity index (χ4v) is 3.49. The second-order valence-electron chi connectivity index (χ2n) is 6.47. The molecule has 0 saturated heterocycles. The van der Waals surface area contributed by atoms with E-state index in [1.165, 1.54) is 12.1 Å². The maximum Gasteiger partial charge on any atom is 0.266 e. The first-order chi connectivity index (χ1) is 12.5. The van der Waals surface area contributed by atoms with Crippen LogP contribution in [0, 0.1) is 32.1 Å². The predicted octanol–water partition coefficient (Wildman–Crippen LogP) is 2.15. The molecule has 0 spiro atoms. The average molecular weight is 387 g/mol. The first-order valence-corrected chi connectivity index (χ1v) is 10.2. The van der Waals surface area contributed by atoms with Gasteiger partial charge in [0.05, 0.1) is 4.90 Å². The number of amides is 1. The zero-order valence-corrected chi connectivity index (χ0v) is 16.5. The maximum absolute atomic E-state index is 12.3. The number of H-pyrrole nitrogens is 1. The Kier molecular flexibility index (Phi) is 5.86. The van der Waals surface area contributed by atoms with Gasteiger partial charge < -0.3 is 10.3 Å². The van der Waals surface area contributed by atoms with Gasteiger partial charge in [0.15, 0.2) is 9.84 Å². The van der Waals surface area contributed by atoms with E-state index in [2.05, 4.69) is 10.3 Å². The summed E-state index contributed by atoms with van der Waals surface area (Å²) in [6, 6.07) is 6.46. The molecular formula is C19H21N3O4S. The molecule has 0 aliphatic rings. The number of aromatic nitrogens is 1. The molecule has 0 fully saturated rings. The van der Waals surface area contributed by atoms with Gasteiger partial charge in [0.25, 0.3) is 5.56 Å². The third-order valence-electron chi connectivity index (χ3n) is 4.43. The van der Waals surface area contributed by atoms with Gasteiger partial charge in [-0.25, -0.2) is 8.42 Å². The molecule has 0 atom stereocenters. The molecule has 1 heterocycles. The summed E-state index contributed by atoms with van der Waals surface area (Å²) in [5.41, 5.74) is 2.75. The van der Waals surface area contributed by atoms with Crippen LogP contribution in [0.4, 0.5) is 5.69 Å². The maximum atomic E-state index is 12.3. The summed E-state index contributed by atoms with van der Waals surface area (Å²) in [5, 5.41) is 11.8. The van der Waals surface area contributed by atoms with Gasteiger partial charge in [0, 0.05) is 24.1 Å². The van der Waals surface area contributed by atoms with E-state index >= 15 is 0 Å². The Morgan fingerprint density at radius 3 is 2.52 bits per heavy atom. The van der Waals surface area contributed by atoms with Crippen LogP contribution in [0.15, 0.2) is 27.9 Å². The standard InChI is InChI=1S/C19H21N3O4S/c1-11-5-6-14(27(4,25)26)9-17(11)22-18(23)8-7-15-12(2)16(10-20)19(24)21-13(15)3/h5-6,9H,7-8H2,1-4H3,(H,21,24)(H,22,23). The van der Waals surface area contributed by atoms with Crippen LogP contribution in [0.1, 0.15) is 34.4 Å². The van der Waals surface area contributed by atoms with Gasteiger partial charge in [-0.05, 0) is 56.0 Å². The number of nitrogens with zero attached hydrogens (tertiary/aromatic N) is 1. The van der Waals surface area contributed by atoms with Crippen molar-refractivity contribution < 1.29 is 13.2 Å². The van der Waals surface area contributed by atoms with Crippen LogP contribution in [0.25, 0.3) is 0 Å². The molecule has 7 nitrogen and oxygen atoms in total. The Morgan fingerprint density at radius 2 is 1.93 bits per heavy atom. The molecule has 0 unspecified atom stereocenters. The topological polar surface area (TPSA) is 120 Å². The van der Waals surface area contributed by atoms with E-state index in [1.54, 1.807) is 26.8 Å². The van der Waals surface area contributed by atoms with Gasteiger partial charge in [-0.15, -0.1) is 0 Å². The van der Waals surface area contributed by atoms with Crippen molar-refractivity contribution >= 4 is 21.4 Å². The van der Waals surface area contributed by atoms with Gasteiger partial charge in [0.2, 0.25) is 5.91 Å². The Balaban J connectivity index is 2.19. The smallest absolute Gasteiger partial charge is 0.266 e. The van der Waals surface area contributed by atoms with E-state index in [9.17, 15) is 18.0 Å². The van der Waals surface area contributed by atoms with Crippen LogP contribution >= 0.6 is 0 Å². The Bertz CT molecular complexity index is 1110. The average Bonchev–Trinajstić information content (AvgIpc) is 2.55. The fraction of sp³-hybridized carbons (Fsp3) is 0.316. The van der Waals surface area contributed by atoms with Crippen molar-refractivity contribution in [2.24, 2.45) is 0 Å². The van der Waals surface area contributed by atoms with Crippen molar-refractivity contribution in [2.75, 3.05) is 11.6 Å². The summed E-state index contributed by atoms with van der Waals surface area (Å²) in [4.78, 5) is 26.9. The Hall–Kier alpha value is -2.92.